The van der Waals surface area contributed by atoms with Crippen LogP contribution in [0.3, 0.4) is 0 Å². The van der Waals surface area contributed by atoms with Crippen molar-refractivity contribution < 1.29 is 46.4 Å². The van der Waals surface area contributed by atoms with Crippen LogP contribution in [0.5, 0.6) is 28.9 Å². The molecule has 232 valence electrons. The topological polar surface area (TPSA) is 167 Å². The molecule has 1 amide bonds. The van der Waals surface area contributed by atoms with Gasteiger partial charge in [-0.3, -0.25) is 10.0 Å². The van der Waals surface area contributed by atoms with Crippen LogP contribution in [0.2, 0.25) is 5.02 Å². The Morgan fingerprint density at radius 1 is 0.977 bits per heavy atom. The van der Waals surface area contributed by atoms with E-state index in [1.807, 2.05) is 0 Å². The predicted molar refractivity (Wildman–Crippen MR) is 157 cm³/mol. The number of aliphatic hydroxyl groups excluding tert-OH is 1. The Kier molecular flexibility index (Phi) is 11.0. The number of aromatic nitrogens is 2. The fraction of sp³-hybridized carbons (Fsp3) is 0.179. The van der Waals surface area contributed by atoms with Crippen molar-refractivity contribution in [2.24, 2.45) is 0 Å². The number of nitrogens with one attached hydrogen (secondary N) is 2. The lowest BCUT2D eigenvalue weighted by Gasteiger charge is -2.17. The molecule has 1 aromatic heterocycles. The summed E-state index contributed by atoms with van der Waals surface area (Å²) in [5, 5.41) is 11.3. The third-order valence-electron chi connectivity index (χ3n) is 5.51. The normalized spacial score (nSPS) is 10.9. The number of hydrogen-bond acceptors (Lipinski definition) is 11. The van der Waals surface area contributed by atoms with E-state index in [0.29, 0.717) is 11.5 Å². The second kappa shape index (κ2) is 15.0. The van der Waals surface area contributed by atoms with Crippen LogP contribution >= 0.6 is 11.6 Å². The molecule has 0 radical (unpaired) electrons. The highest BCUT2D eigenvalue weighted by molar-refractivity contribution is 7.92. The molecule has 3 aromatic carbocycles. The molecule has 13 nitrogen and oxygen atoms in total. The fourth-order valence-corrected chi connectivity index (χ4v) is 4.64. The molecule has 4 aromatic rings. The summed E-state index contributed by atoms with van der Waals surface area (Å²) in [4.78, 5) is 20.0. The van der Waals surface area contributed by atoms with E-state index >= 15 is 0 Å². The number of hydrogen-bond donors (Lipinski definition) is 3. The number of anilines is 2. The highest BCUT2D eigenvalue weighted by atomic mass is 35.5. The van der Waals surface area contributed by atoms with Gasteiger partial charge >= 0.3 is 6.09 Å². The van der Waals surface area contributed by atoms with Crippen molar-refractivity contribution in [1.29, 1.82) is 0 Å². The minimum atomic E-state index is -4.22. The lowest BCUT2D eigenvalue weighted by molar-refractivity contribution is 0.135. The Balaban J connectivity index is 1.54. The molecule has 0 saturated heterocycles. The number of para-hydroxylation sites is 1. The smallest absolute Gasteiger partial charge is 0.411 e. The van der Waals surface area contributed by atoms with Crippen LogP contribution in [-0.4, -0.2) is 63.1 Å². The largest absolute Gasteiger partial charge is 0.497 e. The number of aliphatic hydroxyl groups is 1. The summed E-state index contributed by atoms with van der Waals surface area (Å²) in [6.45, 7) is -0.712. The number of benzene rings is 3. The number of methoxy groups -OCH3 is 1. The van der Waals surface area contributed by atoms with E-state index in [1.54, 1.807) is 12.1 Å². The third-order valence-corrected chi connectivity index (χ3v) is 7.18. The van der Waals surface area contributed by atoms with Crippen LogP contribution in [0.1, 0.15) is 0 Å². The van der Waals surface area contributed by atoms with Gasteiger partial charge in [-0.1, -0.05) is 23.7 Å². The van der Waals surface area contributed by atoms with Gasteiger partial charge < -0.3 is 28.8 Å². The van der Waals surface area contributed by atoms with Crippen molar-refractivity contribution in [3.63, 3.8) is 0 Å². The zero-order chi connectivity index (χ0) is 31.5. The summed E-state index contributed by atoms with van der Waals surface area (Å²) >= 11 is 6.31. The van der Waals surface area contributed by atoms with Crippen molar-refractivity contribution in [2.75, 3.05) is 43.6 Å². The first-order valence-corrected chi connectivity index (χ1v) is 14.6. The van der Waals surface area contributed by atoms with Crippen molar-refractivity contribution in [3.05, 3.63) is 83.9 Å². The molecule has 16 heteroatoms. The summed E-state index contributed by atoms with van der Waals surface area (Å²) in [5.41, 5.74) is -0.0654. The van der Waals surface area contributed by atoms with Gasteiger partial charge in [-0.25, -0.2) is 22.6 Å². The predicted octanol–water partition coefficient (Wildman–Crippen LogP) is 4.87. The van der Waals surface area contributed by atoms with E-state index in [9.17, 15) is 17.6 Å². The van der Waals surface area contributed by atoms with Gasteiger partial charge in [0.05, 0.1) is 29.3 Å². The summed E-state index contributed by atoms with van der Waals surface area (Å²) in [6, 6.07) is 15.6. The van der Waals surface area contributed by atoms with Crippen LogP contribution in [-0.2, 0) is 14.8 Å². The Morgan fingerprint density at radius 3 is 2.45 bits per heavy atom. The van der Waals surface area contributed by atoms with Gasteiger partial charge in [0.25, 0.3) is 15.9 Å². The van der Waals surface area contributed by atoms with Crippen molar-refractivity contribution in [1.82, 2.24) is 9.97 Å². The molecule has 0 spiro atoms. The highest BCUT2D eigenvalue weighted by Gasteiger charge is 2.23. The molecule has 44 heavy (non-hydrogen) atoms. The maximum atomic E-state index is 13.8. The van der Waals surface area contributed by atoms with Gasteiger partial charge in [-0.05, 0) is 48.5 Å². The zero-order valence-corrected chi connectivity index (χ0v) is 24.6. The van der Waals surface area contributed by atoms with Gasteiger partial charge in [-0.15, -0.1) is 0 Å². The van der Waals surface area contributed by atoms with Crippen LogP contribution in [0, 0.1) is 5.82 Å². The fourth-order valence-electron chi connectivity index (χ4n) is 3.47. The minimum Gasteiger partial charge on any atom is -0.497 e. The van der Waals surface area contributed by atoms with Crippen LogP contribution in [0.4, 0.5) is 20.7 Å². The number of ether oxygens (including phenoxy) is 5. The molecule has 0 aliphatic heterocycles. The molecule has 0 bridgehead atoms. The van der Waals surface area contributed by atoms with E-state index < -0.39 is 21.9 Å². The van der Waals surface area contributed by atoms with Gasteiger partial charge in [-0.2, -0.15) is 4.98 Å². The van der Waals surface area contributed by atoms with Crippen molar-refractivity contribution in [3.8, 4) is 28.9 Å². The second-order valence-corrected chi connectivity index (χ2v) is 10.6. The van der Waals surface area contributed by atoms with E-state index in [0.717, 1.165) is 6.33 Å². The van der Waals surface area contributed by atoms with Crippen molar-refractivity contribution in [2.45, 2.75) is 4.90 Å². The molecular formula is C28H26ClFN4O9S. The number of carbonyl (C=O) groups is 1. The molecule has 0 atom stereocenters. The van der Waals surface area contributed by atoms with E-state index in [-0.39, 0.29) is 65.2 Å². The number of halogens is 2. The number of amides is 1. The number of carbonyl (C=O) groups excluding carboxylic acids is 1. The van der Waals surface area contributed by atoms with Crippen LogP contribution in [0.25, 0.3) is 0 Å². The first-order chi connectivity index (χ1) is 21.2. The van der Waals surface area contributed by atoms with E-state index in [4.69, 9.17) is 40.4 Å². The van der Waals surface area contributed by atoms with E-state index in [2.05, 4.69) is 20.0 Å². The zero-order valence-electron chi connectivity index (χ0n) is 23.0. The molecule has 0 saturated carbocycles. The highest BCUT2D eigenvalue weighted by Crippen LogP contribution is 2.40. The lowest BCUT2D eigenvalue weighted by atomic mass is 10.3. The average Bonchev–Trinajstić information content (AvgIpc) is 3.01. The molecule has 4 rings (SSSR count). The minimum absolute atomic E-state index is 0.0445. The number of nitrogens with zero attached hydrogens (tertiary/aromatic N) is 2. The molecule has 0 aliphatic rings. The Labute approximate surface area is 256 Å². The molecule has 1 heterocycles. The van der Waals surface area contributed by atoms with Crippen LogP contribution in [0.15, 0.2) is 78.0 Å². The summed E-state index contributed by atoms with van der Waals surface area (Å²) in [7, 11) is -2.78. The molecule has 3 N–H and O–H groups in total. The Bertz CT molecular complexity index is 1700. The maximum absolute atomic E-state index is 13.8. The number of sulfonamides is 1. The SMILES string of the molecule is COc1ccc(Cl)c(Oc2c(NS(=O)(=O)c3ccc(OCCO)cc3)ncnc2OCCOC(=O)Nc2ccccc2F)c1. The standard InChI is InChI=1S/C28H26ClFN4O9S/c1-39-19-8-11-21(29)24(16-19)43-25-26(34-44(37,38)20-9-6-18(7-10-20)40-13-12-35)31-17-32-27(25)41-14-15-42-28(36)33-23-5-3-2-4-22(23)30/h2-11,16-17,35H,12-15H2,1H3,(H,33,36)(H,31,32,34). The van der Waals surface area contributed by atoms with Gasteiger partial charge in [0.2, 0.25) is 5.75 Å². The second-order valence-electron chi connectivity index (χ2n) is 8.49. The molecule has 0 unspecified atom stereocenters. The molecule has 0 aliphatic carbocycles. The number of rotatable bonds is 14. The van der Waals surface area contributed by atoms with E-state index in [1.165, 1.54) is 61.7 Å². The van der Waals surface area contributed by atoms with Crippen molar-refractivity contribution >= 4 is 39.2 Å². The van der Waals surface area contributed by atoms with Gasteiger partial charge in [0, 0.05) is 6.07 Å². The molecular weight excluding hydrogens is 623 g/mol. The summed E-state index contributed by atoms with van der Waals surface area (Å²) < 4.78 is 69.7. The monoisotopic (exact) mass is 648 g/mol. The summed E-state index contributed by atoms with van der Waals surface area (Å²) in [6.07, 6.45) is 0.104. The summed E-state index contributed by atoms with van der Waals surface area (Å²) in [5.74, 6) is -0.599. The average molecular weight is 649 g/mol. The first-order valence-electron chi connectivity index (χ1n) is 12.7. The Morgan fingerprint density at radius 2 is 1.73 bits per heavy atom. The Hall–Kier alpha value is -4.86. The maximum Gasteiger partial charge on any atom is 0.411 e. The van der Waals surface area contributed by atoms with Crippen LogP contribution < -0.4 is 29.0 Å². The molecule has 0 fully saturated rings. The first kappa shape index (κ1) is 32.1. The third kappa shape index (κ3) is 8.59. The lowest BCUT2D eigenvalue weighted by Crippen LogP contribution is -2.19. The quantitative estimate of drug-likeness (QED) is 0.160. The van der Waals surface area contributed by atoms with Gasteiger partial charge in [0.1, 0.15) is 49.2 Å². The van der Waals surface area contributed by atoms with Gasteiger partial charge in [0.15, 0.2) is 5.82 Å².